The maximum Gasteiger partial charge on any atom is 0.573 e. The second-order valence-electron chi connectivity index (χ2n) is 10.3. The first-order chi connectivity index (χ1) is 16.3. The number of benzene rings is 2. The number of alkyl halides is 3. The Hall–Kier alpha value is -3.23. The van der Waals surface area contributed by atoms with Gasteiger partial charge < -0.3 is 19.4 Å². The Bertz CT molecular complexity index is 1230. The molecule has 1 heterocycles. The average molecular weight is 490 g/mol. The van der Waals surface area contributed by atoms with Gasteiger partial charge in [-0.1, -0.05) is 20.8 Å². The molecule has 1 aromatic heterocycles. The molecule has 2 aromatic carbocycles. The van der Waals surface area contributed by atoms with Crippen LogP contribution in [0.2, 0.25) is 0 Å². The Morgan fingerprint density at radius 3 is 2.46 bits per heavy atom. The lowest BCUT2D eigenvalue weighted by molar-refractivity contribution is -0.274. The first-order valence-electron chi connectivity index (χ1n) is 11.6. The fourth-order valence-electron chi connectivity index (χ4n) is 5.31. The van der Waals surface area contributed by atoms with Gasteiger partial charge in [0.05, 0.1) is 11.0 Å². The van der Waals surface area contributed by atoms with Crippen molar-refractivity contribution in [3.05, 3.63) is 42.0 Å². The number of nitrogens with one attached hydrogen (secondary N) is 1. The van der Waals surface area contributed by atoms with Crippen LogP contribution in [-0.2, 0) is 4.79 Å². The molecule has 1 aliphatic carbocycles. The van der Waals surface area contributed by atoms with Crippen LogP contribution in [0.1, 0.15) is 58.6 Å². The highest BCUT2D eigenvalue weighted by molar-refractivity contribution is 5.84. The maximum atomic E-state index is 12.5. The molecular formula is C26H30F3N3O3. The first-order valence-corrected chi connectivity index (χ1v) is 11.6. The predicted molar refractivity (Wildman–Crippen MR) is 128 cm³/mol. The van der Waals surface area contributed by atoms with Crippen LogP contribution in [0.3, 0.4) is 0 Å². The summed E-state index contributed by atoms with van der Waals surface area (Å²) in [6, 6.07) is 9.47. The maximum absolute atomic E-state index is 12.5. The van der Waals surface area contributed by atoms with Gasteiger partial charge in [0.25, 0.3) is 0 Å². The van der Waals surface area contributed by atoms with E-state index >= 15 is 0 Å². The number of aromatic nitrogens is 2. The molecule has 0 unspecified atom stereocenters. The number of nitrogens with zero attached hydrogens (tertiary/aromatic N) is 2. The number of carbonyl (C=O) groups is 1. The van der Waals surface area contributed by atoms with E-state index in [1.807, 2.05) is 13.0 Å². The van der Waals surface area contributed by atoms with Gasteiger partial charge in [-0.2, -0.15) is 0 Å². The van der Waals surface area contributed by atoms with E-state index in [9.17, 15) is 18.0 Å². The van der Waals surface area contributed by atoms with Crippen molar-refractivity contribution in [2.75, 3.05) is 5.32 Å². The number of ether oxygens (including phenoxy) is 2. The third-order valence-electron chi connectivity index (χ3n) is 6.31. The van der Waals surface area contributed by atoms with Gasteiger partial charge in [-0.15, -0.1) is 13.2 Å². The Labute approximate surface area is 202 Å². The minimum atomic E-state index is -4.75. The van der Waals surface area contributed by atoms with Crippen molar-refractivity contribution < 1.29 is 27.4 Å². The number of halogens is 3. The van der Waals surface area contributed by atoms with Crippen LogP contribution in [-0.4, -0.2) is 21.9 Å². The number of anilines is 2. The molecule has 1 N–H and O–H groups in total. The first kappa shape index (κ1) is 24.9. The molecule has 0 spiro atoms. The fraction of sp³-hybridized carbons (Fsp3) is 0.462. The van der Waals surface area contributed by atoms with Crippen LogP contribution >= 0.6 is 0 Å². The van der Waals surface area contributed by atoms with E-state index in [1.165, 1.54) is 31.2 Å². The summed E-state index contributed by atoms with van der Waals surface area (Å²) in [5.74, 6) is 0.857. The number of fused-ring (bicyclic) bond motifs is 1. The molecule has 1 saturated carbocycles. The number of esters is 1. The number of hydrogen-bond donors (Lipinski definition) is 1. The Kier molecular flexibility index (Phi) is 6.46. The summed E-state index contributed by atoms with van der Waals surface area (Å²) in [5.41, 5.74) is 3.13. The lowest BCUT2D eigenvalue weighted by Gasteiger charge is -2.40. The lowest BCUT2D eigenvalue weighted by Crippen LogP contribution is -2.29. The molecule has 9 heteroatoms. The summed E-state index contributed by atoms with van der Waals surface area (Å²) >= 11 is 0. The molecular weight excluding hydrogens is 459 g/mol. The van der Waals surface area contributed by atoms with E-state index in [1.54, 1.807) is 6.07 Å². The zero-order chi connectivity index (χ0) is 25.5. The monoisotopic (exact) mass is 489 g/mol. The van der Waals surface area contributed by atoms with Gasteiger partial charge in [-0.05, 0) is 73.4 Å². The van der Waals surface area contributed by atoms with Gasteiger partial charge in [0.2, 0.25) is 5.95 Å². The quantitative estimate of drug-likeness (QED) is 0.301. The fourth-order valence-corrected chi connectivity index (χ4v) is 5.31. The second kappa shape index (κ2) is 9.09. The van der Waals surface area contributed by atoms with Crippen molar-refractivity contribution >= 4 is 28.6 Å². The van der Waals surface area contributed by atoms with Crippen molar-refractivity contribution in [3.8, 4) is 11.5 Å². The molecule has 0 aliphatic heterocycles. The van der Waals surface area contributed by atoms with E-state index in [-0.39, 0.29) is 17.2 Å². The smallest absolute Gasteiger partial charge is 0.426 e. The second-order valence-corrected chi connectivity index (χ2v) is 10.3. The van der Waals surface area contributed by atoms with Crippen molar-refractivity contribution in [1.82, 2.24) is 9.55 Å². The molecule has 2 atom stereocenters. The largest absolute Gasteiger partial charge is 0.573 e. The van der Waals surface area contributed by atoms with Gasteiger partial charge in [-0.25, -0.2) is 4.98 Å². The Morgan fingerprint density at radius 2 is 1.86 bits per heavy atom. The summed E-state index contributed by atoms with van der Waals surface area (Å²) in [6.07, 6.45) is -1.67. The molecule has 188 valence electrons. The summed E-state index contributed by atoms with van der Waals surface area (Å²) in [5, 5.41) is 3.28. The summed E-state index contributed by atoms with van der Waals surface area (Å²) in [7, 11) is 0. The van der Waals surface area contributed by atoms with E-state index < -0.39 is 12.3 Å². The van der Waals surface area contributed by atoms with Crippen LogP contribution < -0.4 is 14.8 Å². The number of rotatable bonds is 5. The molecule has 4 rings (SSSR count). The third kappa shape index (κ3) is 5.89. The van der Waals surface area contributed by atoms with Crippen molar-refractivity contribution in [2.24, 2.45) is 11.3 Å². The Morgan fingerprint density at radius 1 is 1.17 bits per heavy atom. The molecule has 1 fully saturated rings. The van der Waals surface area contributed by atoms with Gasteiger partial charge in [-0.3, -0.25) is 4.79 Å². The summed E-state index contributed by atoms with van der Waals surface area (Å²) < 4.78 is 49.1. The lowest BCUT2D eigenvalue weighted by atomic mass is 9.70. The third-order valence-corrected chi connectivity index (χ3v) is 6.31. The van der Waals surface area contributed by atoms with E-state index in [2.05, 4.69) is 35.4 Å². The molecule has 0 radical (unpaired) electrons. The van der Waals surface area contributed by atoms with Gasteiger partial charge >= 0.3 is 12.3 Å². The van der Waals surface area contributed by atoms with Crippen LogP contribution in [0.25, 0.3) is 11.0 Å². The summed E-state index contributed by atoms with van der Waals surface area (Å²) in [4.78, 5) is 16.3. The van der Waals surface area contributed by atoms with Crippen LogP contribution in [0.4, 0.5) is 24.8 Å². The van der Waals surface area contributed by atoms with Gasteiger partial charge in [0.15, 0.2) is 0 Å². The zero-order valence-corrected chi connectivity index (χ0v) is 20.5. The summed E-state index contributed by atoms with van der Waals surface area (Å²) in [6.45, 7) is 10.0. The Balaban J connectivity index is 1.76. The van der Waals surface area contributed by atoms with Crippen molar-refractivity contribution in [1.29, 1.82) is 0 Å². The number of aryl methyl sites for hydroxylation is 1. The standard InChI is InChI=1S/C26H30F3N3O3/c1-15-10-19(14-25(4,5)13-15)32-22-11-16(2)23(34-17(3)33)12-21(22)31-24(32)30-18-6-8-20(9-7-18)35-26(27,28)29/h6-9,11-12,15,19H,10,13-14H2,1-5H3,(H,30,31)/t15-,19+/m0/s1. The van der Waals surface area contributed by atoms with Crippen molar-refractivity contribution in [3.63, 3.8) is 0 Å². The van der Waals surface area contributed by atoms with Crippen LogP contribution in [0, 0.1) is 18.3 Å². The predicted octanol–water partition coefficient (Wildman–Crippen LogP) is 7.30. The number of carbonyl (C=O) groups excluding carboxylic acids is 1. The van der Waals surface area contributed by atoms with Crippen LogP contribution in [0.5, 0.6) is 11.5 Å². The SMILES string of the molecule is CC(=O)Oc1cc2nc(Nc3ccc(OC(F)(F)F)cc3)n([C@@H]3C[C@H](C)CC(C)(C)C3)c2cc1C. The zero-order valence-electron chi connectivity index (χ0n) is 20.5. The van der Waals surface area contributed by atoms with E-state index in [4.69, 9.17) is 9.72 Å². The normalized spacial score (nSPS) is 20.0. The molecule has 0 saturated heterocycles. The highest BCUT2D eigenvalue weighted by atomic mass is 19.4. The molecule has 6 nitrogen and oxygen atoms in total. The molecule has 0 amide bonds. The minimum Gasteiger partial charge on any atom is -0.426 e. The van der Waals surface area contributed by atoms with Gasteiger partial charge in [0.1, 0.15) is 11.5 Å². The van der Waals surface area contributed by atoms with E-state index in [0.717, 1.165) is 30.3 Å². The molecule has 1 aliphatic rings. The molecule has 0 bridgehead atoms. The number of hydrogen-bond acceptors (Lipinski definition) is 5. The van der Waals surface area contributed by atoms with Crippen LogP contribution in [0.15, 0.2) is 36.4 Å². The highest BCUT2D eigenvalue weighted by Gasteiger charge is 2.35. The van der Waals surface area contributed by atoms with Gasteiger partial charge in [0, 0.05) is 24.7 Å². The topological polar surface area (TPSA) is 65.4 Å². The molecule has 3 aromatic rings. The minimum absolute atomic E-state index is 0.152. The molecule has 35 heavy (non-hydrogen) atoms. The average Bonchev–Trinajstić information content (AvgIpc) is 3.03. The number of imidazole rings is 1. The van der Waals surface area contributed by atoms with Crippen molar-refractivity contribution in [2.45, 2.75) is 66.3 Å². The van der Waals surface area contributed by atoms with E-state index in [0.29, 0.717) is 28.8 Å². The highest BCUT2D eigenvalue weighted by Crippen LogP contribution is 2.46.